The predicted molar refractivity (Wildman–Crippen MR) is 97.5 cm³/mol. The summed E-state index contributed by atoms with van der Waals surface area (Å²) >= 11 is 0. The molecule has 0 fully saturated rings. The first kappa shape index (κ1) is 15.1. The zero-order chi connectivity index (χ0) is 16.5. The molecular formula is C18H12N2O2S2. The van der Waals surface area contributed by atoms with Crippen LogP contribution in [0.3, 0.4) is 0 Å². The minimum atomic E-state index is 0.548. The maximum Gasteiger partial charge on any atom is 0.263 e. The maximum atomic E-state index is 12.4. The molecule has 2 aromatic carbocycles. The second-order valence-corrected chi connectivity index (χ2v) is 7.39. The van der Waals surface area contributed by atoms with E-state index in [2.05, 4.69) is 0 Å². The van der Waals surface area contributed by atoms with Crippen LogP contribution >= 0.6 is 21.6 Å². The van der Waals surface area contributed by atoms with E-state index >= 15 is 0 Å². The first-order chi connectivity index (χ1) is 11.7. The number of hydrogen-bond acceptors (Lipinski definition) is 4. The highest BCUT2D eigenvalue weighted by Gasteiger charge is 2.16. The molecule has 0 radical (unpaired) electrons. The molecule has 4 nitrogen and oxygen atoms in total. The molecule has 0 aliphatic heterocycles. The Kier molecular flexibility index (Phi) is 3.92. The lowest BCUT2D eigenvalue weighted by Crippen LogP contribution is -2.30. The van der Waals surface area contributed by atoms with Gasteiger partial charge in [-0.3, -0.25) is 0 Å². The van der Waals surface area contributed by atoms with Crippen LogP contribution in [0.4, 0.5) is 0 Å². The SMILES string of the molecule is [O-][n+]1c(SSc2ccc3ccccc3[n+]2[O-])ccc2ccccc21. The topological polar surface area (TPSA) is 53.9 Å². The first-order valence-electron chi connectivity index (χ1n) is 7.31. The van der Waals surface area contributed by atoms with Crippen LogP contribution < -0.4 is 9.46 Å². The fourth-order valence-corrected chi connectivity index (χ4v) is 4.53. The molecule has 2 heterocycles. The predicted octanol–water partition coefficient (Wildman–Crippen LogP) is 4.06. The molecule has 4 aromatic rings. The maximum absolute atomic E-state index is 12.4. The molecule has 0 aliphatic carbocycles. The van der Waals surface area contributed by atoms with Crippen molar-refractivity contribution in [3.63, 3.8) is 0 Å². The Morgan fingerprint density at radius 1 is 0.542 bits per heavy atom. The fourth-order valence-electron chi connectivity index (χ4n) is 2.53. The summed E-state index contributed by atoms with van der Waals surface area (Å²) in [6, 6.07) is 22.3. The molecule has 0 saturated carbocycles. The molecule has 0 N–H and O–H groups in total. The van der Waals surface area contributed by atoms with Gasteiger partial charge in [0.2, 0.25) is 11.0 Å². The normalized spacial score (nSPS) is 11.2. The van der Waals surface area contributed by atoms with Crippen molar-refractivity contribution in [2.45, 2.75) is 10.1 Å². The van der Waals surface area contributed by atoms with Gasteiger partial charge in [-0.05, 0) is 24.3 Å². The van der Waals surface area contributed by atoms with Crippen LogP contribution in [0.1, 0.15) is 0 Å². The number of aromatic nitrogens is 2. The number of pyridine rings is 2. The van der Waals surface area contributed by atoms with E-state index in [9.17, 15) is 10.4 Å². The van der Waals surface area contributed by atoms with Crippen LogP contribution in [0, 0.1) is 10.4 Å². The van der Waals surface area contributed by atoms with E-state index < -0.39 is 0 Å². The van der Waals surface area contributed by atoms with Gasteiger partial charge < -0.3 is 10.4 Å². The number of benzene rings is 2. The van der Waals surface area contributed by atoms with Gasteiger partial charge in [0.1, 0.15) is 0 Å². The van der Waals surface area contributed by atoms with Crippen LogP contribution in [0.15, 0.2) is 82.8 Å². The van der Waals surface area contributed by atoms with Crippen LogP contribution in [-0.4, -0.2) is 0 Å². The van der Waals surface area contributed by atoms with Crippen molar-refractivity contribution in [3.05, 3.63) is 83.2 Å². The minimum absolute atomic E-state index is 0.548. The Labute approximate surface area is 146 Å². The largest absolute Gasteiger partial charge is 0.617 e. The molecule has 4 rings (SSSR count). The van der Waals surface area contributed by atoms with E-state index in [1.165, 1.54) is 21.6 Å². The molecule has 0 saturated heterocycles. The summed E-state index contributed by atoms with van der Waals surface area (Å²) in [5.41, 5.74) is 1.24. The molecule has 2 aromatic heterocycles. The highest BCUT2D eigenvalue weighted by Crippen LogP contribution is 2.35. The van der Waals surface area contributed by atoms with Gasteiger partial charge in [0.05, 0.1) is 0 Å². The van der Waals surface area contributed by atoms with Crippen molar-refractivity contribution in [1.29, 1.82) is 0 Å². The first-order valence-corrected chi connectivity index (χ1v) is 9.46. The van der Waals surface area contributed by atoms with Gasteiger partial charge in [-0.25, -0.2) is 0 Å². The number of hydrogen-bond donors (Lipinski definition) is 0. The second kappa shape index (κ2) is 6.22. The standard InChI is InChI=1S/C18H12N2O2S2/c21-19-15-7-3-1-5-13(15)9-11-17(19)23-24-18-12-10-14-6-2-4-8-16(14)20(18)22/h1-12H. The van der Waals surface area contributed by atoms with Crippen molar-refractivity contribution in [3.8, 4) is 0 Å². The zero-order valence-corrected chi connectivity index (χ0v) is 14.1. The molecule has 6 heteroatoms. The van der Waals surface area contributed by atoms with E-state index in [0.717, 1.165) is 20.2 Å². The van der Waals surface area contributed by atoms with Crippen molar-refractivity contribution in [2.24, 2.45) is 0 Å². The highest BCUT2D eigenvalue weighted by atomic mass is 33.1. The molecule has 0 amide bonds. The molecule has 118 valence electrons. The van der Waals surface area contributed by atoms with Crippen molar-refractivity contribution in [2.75, 3.05) is 0 Å². The molecular weight excluding hydrogens is 340 g/mol. The van der Waals surface area contributed by atoms with E-state index in [4.69, 9.17) is 0 Å². The van der Waals surface area contributed by atoms with Gasteiger partial charge in [-0.1, -0.05) is 24.3 Å². The van der Waals surface area contributed by atoms with E-state index in [0.29, 0.717) is 21.1 Å². The summed E-state index contributed by atoms with van der Waals surface area (Å²) < 4.78 is 1.81. The van der Waals surface area contributed by atoms with Gasteiger partial charge in [0, 0.05) is 56.6 Å². The third-order valence-electron chi connectivity index (χ3n) is 3.73. The number of fused-ring (bicyclic) bond motifs is 2. The number of para-hydroxylation sites is 2. The zero-order valence-electron chi connectivity index (χ0n) is 12.5. The lowest BCUT2D eigenvalue weighted by molar-refractivity contribution is -0.619. The molecule has 0 atom stereocenters. The van der Waals surface area contributed by atoms with Crippen LogP contribution in [0.25, 0.3) is 21.8 Å². The van der Waals surface area contributed by atoms with Gasteiger partial charge in [-0.15, -0.1) is 0 Å². The Morgan fingerprint density at radius 3 is 1.42 bits per heavy atom. The number of nitrogens with zero attached hydrogens (tertiary/aromatic N) is 2. The van der Waals surface area contributed by atoms with E-state index in [-0.39, 0.29) is 0 Å². The third-order valence-corrected chi connectivity index (χ3v) is 6.04. The van der Waals surface area contributed by atoms with Crippen LogP contribution in [0.2, 0.25) is 0 Å². The van der Waals surface area contributed by atoms with Crippen molar-refractivity contribution in [1.82, 2.24) is 0 Å². The highest BCUT2D eigenvalue weighted by molar-refractivity contribution is 8.76. The van der Waals surface area contributed by atoms with Gasteiger partial charge >= 0.3 is 0 Å². The number of rotatable bonds is 3. The van der Waals surface area contributed by atoms with Gasteiger partial charge in [-0.2, -0.15) is 9.46 Å². The lowest BCUT2D eigenvalue weighted by Gasteiger charge is -2.08. The summed E-state index contributed by atoms with van der Waals surface area (Å²) in [4.78, 5) is 0. The molecule has 0 bridgehead atoms. The van der Waals surface area contributed by atoms with Crippen LogP contribution in [-0.2, 0) is 0 Å². The fraction of sp³-hybridized carbons (Fsp3) is 0. The lowest BCUT2D eigenvalue weighted by atomic mass is 10.2. The van der Waals surface area contributed by atoms with Gasteiger partial charge in [0.25, 0.3) is 10.1 Å². The third kappa shape index (κ3) is 2.64. The van der Waals surface area contributed by atoms with Crippen molar-refractivity contribution < 1.29 is 9.46 Å². The Hall–Kier alpha value is -2.44. The van der Waals surface area contributed by atoms with E-state index in [1.54, 1.807) is 24.3 Å². The summed E-state index contributed by atoms with van der Waals surface area (Å²) in [6.45, 7) is 0. The average Bonchev–Trinajstić information content (AvgIpc) is 2.63. The summed E-state index contributed by atoms with van der Waals surface area (Å²) in [6.07, 6.45) is 0. The van der Waals surface area contributed by atoms with Crippen molar-refractivity contribution >= 4 is 43.4 Å². The quantitative estimate of drug-likeness (QED) is 0.317. The Balaban J connectivity index is 1.66. The average molecular weight is 352 g/mol. The Bertz CT molecular complexity index is 968. The van der Waals surface area contributed by atoms with Gasteiger partial charge in [0.15, 0.2) is 0 Å². The monoisotopic (exact) mass is 352 g/mol. The summed E-state index contributed by atoms with van der Waals surface area (Å²) in [7, 11) is 2.57. The molecule has 0 aliphatic rings. The molecule has 0 unspecified atom stereocenters. The summed E-state index contributed by atoms with van der Waals surface area (Å²) in [5.74, 6) is 0. The van der Waals surface area contributed by atoms with Crippen LogP contribution in [0.5, 0.6) is 0 Å². The molecule has 24 heavy (non-hydrogen) atoms. The Morgan fingerprint density at radius 2 is 0.958 bits per heavy atom. The minimum Gasteiger partial charge on any atom is -0.617 e. The smallest absolute Gasteiger partial charge is 0.263 e. The second-order valence-electron chi connectivity index (χ2n) is 5.22. The summed E-state index contributed by atoms with van der Waals surface area (Å²) in [5, 5.41) is 27.8. The van der Waals surface area contributed by atoms with E-state index in [1.807, 2.05) is 48.5 Å². The molecule has 0 spiro atoms.